The number of para-hydroxylation sites is 3. The van der Waals surface area contributed by atoms with E-state index < -0.39 is 0 Å². The number of nitrogens with zero attached hydrogens (tertiary/aromatic N) is 5. The molecule has 1 aliphatic rings. The fraction of sp³-hybridized carbons (Fsp3) is 0.167. The van der Waals surface area contributed by atoms with Gasteiger partial charge in [-0.05, 0) is 42.3 Å². The molecular weight excluding hydrogens is 422 g/mol. The second-order valence-corrected chi connectivity index (χ2v) is 8.18. The van der Waals surface area contributed by atoms with Crippen LogP contribution in [0.5, 0.6) is 5.75 Å². The summed E-state index contributed by atoms with van der Waals surface area (Å²) in [5.74, 6) is 1.58. The van der Waals surface area contributed by atoms with Crippen LogP contribution in [0.25, 0.3) is 17.2 Å². The lowest BCUT2D eigenvalue weighted by atomic mass is 10.2. The molecule has 0 aliphatic carbocycles. The minimum absolute atomic E-state index is 0.0499. The molecule has 2 aromatic heterocycles. The van der Waals surface area contributed by atoms with Crippen molar-refractivity contribution in [2.24, 2.45) is 0 Å². The van der Waals surface area contributed by atoms with E-state index in [-0.39, 0.29) is 11.7 Å². The zero-order valence-corrected chi connectivity index (χ0v) is 18.3. The maximum absolute atomic E-state index is 13.0. The number of amides is 1. The van der Waals surface area contributed by atoms with Crippen LogP contribution in [0.2, 0.25) is 0 Å². The normalized spacial score (nSPS) is 12.6. The van der Waals surface area contributed by atoms with E-state index in [2.05, 4.69) is 21.2 Å². The van der Waals surface area contributed by atoms with Crippen LogP contribution in [-0.4, -0.2) is 45.1 Å². The molecule has 160 valence electrons. The van der Waals surface area contributed by atoms with Crippen LogP contribution >= 0.6 is 11.8 Å². The molecule has 4 aromatic rings. The van der Waals surface area contributed by atoms with Crippen molar-refractivity contribution >= 4 is 23.4 Å². The van der Waals surface area contributed by atoms with E-state index >= 15 is 0 Å². The molecule has 3 heterocycles. The van der Waals surface area contributed by atoms with Gasteiger partial charge in [0.2, 0.25) is 5.91 Å². The number of hydrogen-bond donors (Lipinski definition) is 0. The van der Waals surface area contributed by atoms with Gasteiger partial charge in [-0.2, -0.15) is 0 Å². The lowest BCUT2D eigenvalue weighted by Crippen LogP contribution is -2.30. The third kappa shape index (κ3) is 3.73. The number of fused-ring (bicyclic) bond motifs is 1. The summed E-state index contributed by atoms with van der Waals surface area (Å²) >= 11 is 1.36. The van der Waals surface area contributed by atoms with Crippen molar-refractivity contribution in [3.63, 3.8) is 0 Å². The molecule has 0 bridgehead atoms. The van der Waals surface area contributed by atoms with Crippen molar-refractivity contribution < 1.29 is 9.53 Å². The van der Waals surface area contributed by atoms with E-state index in [1.165, 1.54) is 17.3 Å². The first-order chi connectivity index (χ1) is 15.8. The average Bonchev–Trinajstić information content (AvgIpc) is 3.47. The third-order valence-corrected chi connectivity index (χ3v) is 6.28. The number of anilines is 1. The average molecular weight is 444 g/mol. The Morgan fingerprint density at radius 1 is 1.00 bits per heavy atom. The first-order valence-corrected chi connectivity index (χ1v) is 11.3. The zero-order valence-electron chi connectivity index (χ0n) is 17.5. The Morgan fingerprint density at radius 2 is 1.78 bits per heavy atom. The fourth-order valence-corrected chi connectivity index (χ4v) is 4.68. The molecule has 0 spiro atoms. The molecule has 32 heavy (non-hydrogen) atoms. The Balaban J connectivity index is 1.47. The van der Waals surface area contributed by atoms with Gasteiger partial charge in [-0.25, -0.2) is 0 Å². The molecule has 0 atom stereocenters. The minimum Gasteiger partial charge on any atom is -0.495 e. The Kier molecular flexibility index (Phi) is 5.60. The molecule has 0 saturated heterocycles. The highest BCUT2D eigenvalue weighted by Crippen LogP contribution is 2.33. The highest BCUT2D eigenvalue weighted by atomic mass is 32.2. The molecule has 0 N–H and O–H groups in total. The fourth-order valence-electron chi connectivity index (χ4n) is 3.86. The van der Waals surface area contributed by atoms with Crippen LogP contribution in [0.1, 0.15) is 5.56 Å². The SMILES string of the molecule is COc1ccccc1-n1c(SCC(=O)N2CCc3ccccc32)nnc1-c1ccccn1. The Hall–Kier alpha value is -3.65. The van der Waals surface area contributed by atoms with Crippen LogP contribution in [0, 0.1) is 0 Å². The third-order valence-electron chi connectivity index (χ3n) is 5.37. The topological polar surface area (TPSA) is 73.1 Å². The summed E-state index contributed by atoms with van der Waals surface area (Å²) in [6.45, 7) is 0.705. The van der Waals surface area contributed by atoms with Crippen molar-refractivity contribution in [1.82, 2.24) is 19.7 Å². The lowest BCUT2D eigenvalue weighted by Gasteiger charge is -2.17. The van der Waals surface area contributed by atoms with E-state index in [0.717, 1.165) is 17.8 Å². The van der Waals surface area contributed by atoms with Crippen molar-refractivity contribution in [3.05, 3.63) is 78.5 Å². The molecule has 1 amide bonds. The number of rotatable bonds is 6. The molecule has 0 unspecified atom stereocenters. The second kappa shape index (κ2) is 8.84. The van der Waals surface area contributed by atoms with Crippen LogP contribution in [0.15, 0.2) is 78.1 Å². The molecule has 2 aromatic carbocycles. The highest BCUT2D eigenvalue weighted by Gasteiger charge is 2.26. The predicted octanol–water partition coefficient (Wildman–Crippen LogP) is 4.02. The molecule has 5 rings (SSSR count). The first-order valence-electron chi connectivity index (χ1n) is 10.3. The summed E-state index contributed by atoms with van der Waals surface area (Å²) in [6.07, 6.45) is 2.60. The molecule has 0 fully saturated rings. The van der Waals surface area contributed by atoms with E-state index in [4.69, 9.17) is 4.74 Å². The van der Waals surface area contributed by atoms with Crippen LogP contribution in [-0.2, 0) is 11.2 Å². The van der Waals surface area contributed by atoms with Gasteiger partial charge in [0, 0.05) is 18.4 Å². The summed E-state index contributed by atoms with van der Waals surface area (Å²) in [7, 11) is 1.63. The second-order valence-electron chi connectivity index (χ2n) is 7.24. The van der Waals surface area contributed by atoms with Crippen molar-refractivity contribution in [2.75, 3.05) is 24.3 Å². The Morgan fingerprint density at radius 3 is 2.59 bits per heavy atom. The van der Waals surface area contributed by atoms with Gasteiger partial charge in [0.25, 0.3) is 0 Å². The lowest BCUT2D eigenvalue weighted by molar-refractivity contribution is -0.116. The predicted molar refractivity (Wildman–Crippen MR) is 124 cm³/mol. The summed E-state index contributed by atoms with van der Waals surface area (Å²) in [6, 6.07) is 21.4. The van der Waals surface area contributed by atoms with E-state index in [0.29, 0.717) is 29.0 Å². The van der Waals surface area contributed by atoms with Crippen molar-refractivity contribution in [1.29, 1.82) is 0 Å². The van der Waals surface area contributed by atoms with Crippen LogP contribution in [0.4, 0.5) is 5.69 Å². The summed E-state index contributed by atoms with van der Waals surface area (Å²) in [4.78, 5) is 19.3. The van der Waals surface area contributed by atoms with Crippen molar-refractivity contribution in [3.8, 4) is 23.0 Å². The summed E-state index contributed by atoms with van der Waals surface area (Å²) in [5.41, 5.74) is 3.69. The Bertz CT molecular complexity index is 1260. The van der Waals surface area contributed by atoms with Gasteiger partial charge < -0.3 is 9.64 Å². The van der Waals surface area contributed by atoms with Gasteiger partial charge in [0.05, 0.1) is 18.6 Å². The number of pyridine rings is 1. The van der Waals surface area contributed by atoms with E-state index in [1.54, 1.807) is 13.3 Å². The highest BCUT2D eigenvalue weighted by molar-refractivity contribution is 7.99. The van der Waals surface area contributed by atoms with Gasteiger partial charge >= 0.3 is 0 Å². The number of thioether (sulfide) groups is 1. The molecular formula is C24H21N5O2S. The van der Waals surface area contributed by atoms with E-state index in [1.807, 2.05) is 70.1 Å². The van der Waals surface area contributed by atoms with Gasteiger partial charge in [-0.1, -0.05) is 48.2 Å². The molecule has 7 nitrogen and oxygen atoms in total. The number of aromatic nitrogens is 4. The van der Waals surface area contributed by atoms with Gasteiger partial charge in [-0.3, -0.25) is 14.3 Å². The van der Waals surface area contributed by atoms with Gasteiger partial charge in [0.15, 0.2) is 11.0 Å². The quantitative estimate of drug-likeness (QED) is 0.419. The van der Waals surface area contributed by atoms with Gasteiger partial charge in [-0.15, -0.1) is 10.2 Å². The molecule has 1 aliphatic heterocycles. The molecule has 0 radical (unpaired) electrons. The standard InChI is InChI=1S/C24H21N5O2S/c1-31-21-12-5-4-11-20(21)29-23(18-9-6-7-14-25-18)26-27-24(29)32-16-22(30)28-15-13-17-8-2-3-10-19(17)28/h2-12,14H,13,15-16H2,1H3. The van der Waals surface area contributed by atoms with Crippen molar-refractivity contribution in [2.45, 2.75) is 11.6 Å². The number of carbonyl (C=O) groups is 1. The summed E-state index contributed by atoms with van der Waals surface area (Å²) < 4.78 is 7.48. The number of ether oxygens (including phenoxy) is 1. The maximum atomic E-state index is 13.0. The monoisotopic (exact) mass is 443 g/mol. The van der Waals surface area contributed by atoms with Crippen LogP contribution < -0.4 is 9.64 Å². The number of benzene rings is 2. The molecule has 8 heteroatoms. The van der Waals surface area contributed by atoms with E-state index in [9.17, 15) is 4.79 Å². The largest absolute Gasteiger partial charge is 0.495 e. The number of methoxy groups -OCH3 is 1. The smallest absolute Gasteiger partial charge is 0.237 e. The number of carbonyl (C=O) groups excluding carboxylic acids is 1. The zero-order chi connectivity index (χ0) is 21.9. The minimum atomic E-state index is 0.0499. The maximum Gasteiger partial charge on any atom is 0.237 e. The molecule has 0 saturated carbocycles. The first kappa shape index (κ1) is 20.3. The van der Waals surface area contributed by atoms with Gasteiger partial charge in [0.1, 0.15) is 11.4 Å². The summed E-state index contributed by atoms with van der Waals surface area (Å²) in [5, 5.41) is 9.40. The number of hydrogen-bond acceptors (Lipinski definition) is 6. The van der Waals surface area contributed by atoms with Crippen LogP contribution in [0.3, 0.4) is 0 Å². The Labute approximate surface area is 190 Å².